The molecule has 0 aliphatic carbocycles. The second-order valence-corrected chi connectivity index (χ2v) is 7.70. The zero-order valence-electron chi connectivity index (χ0n) is 16.9. The number of amides is 2. The number of rotatable bonds is 6. The van der Waals surface area contributed by atoms with Crippen LogP contribution in [-0.4, -0.2) is 38.2 Å². The van der Waals surface area contributed by atoms with Gasteiger partial charge in [0.15, 0.2) is 0 Å². The predicted molar refractivity (Wildman–Crippen MR) is 126 cm³/mol. The van der Waals surface area contributed by atoms with Gasteiger partial charge in [0.1, 0.15) is 5.75 Å². The molecule has 3 N–H and O–H groups in total. The molecule has 5 rings (SSSR count). The molecule has 0 saturated heterocycles. The highest BCUT2D eigenvalue weighted by Crippen LogP contribution is 2.40. The van der Waals surface area contributed by atoms with E-state index in [0.29, 0.717) is 41.6 Å². The Bertz CT molecular complexity index is 1490. The number of phenolic OH excluding ortho intramolecular Hbond substituents is 1. The average molecular weight is 443 g/mol. The molecule has 0 atom stereocenters. The summed E-state index contributed by atoms with van der Waals surface area (Å²) in [6, 6.07) is 12.8. The minimum atomic E-state index is -0.483. The number of hydrogen-bond donors (Lipinski definition) is 3. The van der Waals surface area contributed by atoms with Gasteiger partial charge in [0, 0.05) is 46.4 Å². The molecule has 0 spiro atoms. The second kappa shape index (κ2) is 7.92. The first-order valence-electron chi connectivity index (χ1n) is 10.1. The summed E-state index contributed by atoms with van der Waals surface area (Å²) < 4.78 is 1.96. The molecule has 0 unspecified atom stereocenters. The number of phenols is 1. The Kier molecular flexibility index (Phi) is 4.93. The lowest BCUT2D eigenvalue weighted by atomic mass is 9.95. The van der Waals surface area contributed by atoms with Crippen LogP contribution in [-0.2, 0) is 16.1 Å². The summed E-state index contributed by atoms with van der Waals surface area (Å²) in [4.78, 5) is 33.0. The standard InChI is InChI=1S/C24H18N4O3S/c29-19-8-3-7-18-20(19)16(12-28(18)10-4-9-25-13-32)22-21(23(30)27-24(22)31)15-11-26-17-6-2-1-5-14(15)17/h1-3,5-8,11-12,26,29H,4,9-10H2,(H,27,30,31). The molecule has 0 saturated carbocycles. The van der Waals surface area contributed by atoms with Crippen molar-refractivity contribution in [1.29, 1.82) is 0 Å². The fourth-order valence-corrected chi connectivity index (χ4v) is 4.41. The van der Waals surface area contributed by atoms with Crippen molar-refractivity contribution >= 4 is 62.1 Å². The van der Waals surface area contributed by atoms with Crippen LogP contribution in [0.25, 0.3) is 33.0 Å². The van der Waals surface area contributed by atoms with E-state index in [2.05, 4.69) is 32.7 Å². The molecule has 4 aromatic rings. The molecular weight excluding hydrogens is 424 g/mol. The van der Waals surface area contributed by atoms with E-state index in [-0.39, 0.29) is 11.3 Å². The van der Waals surface area contributed by atoms with E-state index in [1.54, 1.807) is 18.3 Å². The Morgan fingerprint density at radius 1 is 1.03 bits per heavy atom. The van der Waals surface area contributed by atoms with Crippen molar-refractivity contribution in [2.45, 2.75) is 13.0 Å². The van der Waals surface area contributed by atoms with Crippen LogP contribution in [0.4, 0.5) is 0 Å². The topological polar surface area (TPSA) is 99.5 Å². The summed E-state index contributed by atoms with van der Waals surface area (Å²) in [7, 11) is 0. The molecule has 32 heavy (non-hydrogen) atoms. The summed E-state index contributed by atoms with van der Waals surface area (Å²) in [6.45, 7) is 1.13. The molecule has 0 bridgehead atoms. The van der Waals surface area contributed by atoms with Gasteiger partial charge in [-0.1, -0.05) is 24.3 Å². The normalized spacial score (nSPS) is 13.8. The number of carbonyl (C=O) groups excluding carboxylic acids is 2. The van der Waals surface area contributed by atoms with Gasteiger partial charge < -0.3 is 14.7 Å². The first-order chi connectivity index (χ1) is 15.6. The van der Waals surface area contributed by atoms with Gasteiger partial charge in [-0.15, -0.1) is 0 Å². The van der Waals surface area contributed by atoms with Gasteiger partial charge in [0.2, 0.25) is 0 Å². The first-order valence-corrected chi connectivity index (χ1v) is 10.5. The SMILES string of the molecule is O=C1NC(=O)C(c2cn(CCCN=C=S)c3cccc(O)c23)=C1c1c[nH]c2ccccc12. The number of imide groups is 1. The van der Waals surface area contributed by atoms with Gasteiger partial charge in [-0.2, -0.15) is 0 Å². The number of aliphatic imine (C=N–C) groups is 1. The number of aryl methyl sites for hydroxylation is 1. The lowest BCUT2D eigenvalue weighted by molar-refractivity contribution is -0.122. The van der Waals surface area contributed by atoms with E-state index in [9.17, 15) is 14.7 Å². The number of H-pyrrole nitrogens is 1. The van der Waals surface area contributed by atoms with Crippen LogP contribution in [0.15, 0.2) is 59.9 Å². The van der Waals surface area contributed by atoms with Gasteiger partial charge in [-0.05, 0) is 36.8 Å². The number of benzene rings is 2. The molecule has 7 nitrogen and oxygen atoms in total. The molecular formula is C24H18N4O3S. The maximum absolute atomic E-state index is 13.0. The lowest BCUT2D eigenvalue weighted by Gasteiger charge is -2.04. The Hall–Kier alpha value is -4.00. The number of aromatic hydroxyl groups is 1. The van der Waals surface area contributed by atoms with E-state index < -0.39 is 11.8 Å². The number of aromatic amines is 1. The molecule has 158 valence electrons. The van der Waals surface area contributed by atoms with Crippen molar-refractivity contribution < 1.29 is 14.7 Å². The number of para-hydroxylation sites is 1. The smallest absolute Gasteiger partial charge is 0.259 e. The predicted octanol–water partition coefficient (Wildman–Crippen LogP) is 3.89. The third-order valence-electron chi connectivity index (χ3n) is 5.68. The highest BCUT2D eigenvalue weighted by Gasteiger charge is 2.35. The van der Waals surface area contributed by atoms with Crippen molar-refractivity contribution in [2.24, 2.45) is 4.99 Å². The lowest BCUT2D eigenvalue weighted by Crippen LogP contribution is -2.22. The molecule has 2 aromatic carbocycles. The Morgan fingerprint density at radius 2 is 1.81 bits per heavy atom. The van der Waals surface area contributed by atoms with Crippen LogP contribution >= 0.6 is 12.2 Å². The number of nitrogens with zero attached hydrogens (tertiary/aromatic N) is 2. The summed E-state index contributed by atoms with van der Waals surface area (Å²) in [6.07, 6.45) is 4.26. The van der Waals surface area contributed by atoms with Crippen LogP contribution in [0.2, 0.25) is 0 Å². The van der Waals surface area contributed by atoms with Crippen LogP contribution in [0.1, 0.15) is 17.5 Å². The third kappa shape index (κ3) is 3.13. The number of fused-ring (bicyclic) bond motifs is 2. The third-order valence-corrected chi connectivity index (χ3v) is 5.81. The van der Waals surface area contributed by atoms with Crippen molar-refractivity contribution in [3.05, 3.63) is 66.0 Å². The number of carbonyl (C=O) groups is 2. The van der Waals surface area contributed by atoms with E-state index in [1.165, 1.54) is 0 Å². The zero-order valence-corrected chi connectivity index (χ0v) is 17.7. The number of aromatic nitrogens is 2. The Balaban J connectivity index is 1.74. The average Bonchev–Trinajstić information content (AvgIpc) is 3.45. The van der Waals surface area contributed by atoms with E-state index in [1.807, 2.05) is 41.1 Å². The van der Waals surface area contributed by atoms with E-state index >= 15 is 0 Å². The summed E-state index contributed by atoms with van der Waals surface area (Å²) in [5, 5.41) is 16.8. The van der Waals surface area contributed by atoms with Crippen LogP contribution in [0.5, 0.6) is 5.75 Å². The second-order valence-electron chi connectivity index (χ2n) is 7.52. The fraction of sp³-hybridized carbons (Fsp3) is 0.125. The van der Waals surface area contributed by atoms with E-state index in [4.69, 9.17) is 0 Å². The summed E-state index contributed by atoms with van der Waals surface area (Å²) in [5.41, 5.74) is 3.34. The molecule has 1 aliphatic rings. The van der Waals surface area contributed by atoms with Crippen molar-refractivity contribution in [1.82, 2.24) is 14.9 Å². The van der Waals surface area contributed by atoms with Gasteiger partial charge >= 0.3 is 0 Å². The molecule has 2 amide bonds. The van der Waals surface area contributed by atoms with Gasteiger partial charge in [0.25, 0.3) is 11.8 Å². The fourth-order valence-electron chi connectivity index (χ4n) is 4.32. The van der Waals surface area contributed by atoms with Crippen LogP contribution in [0.3, 0.4) is 0 Å². The number of nitrogens with one attached hydrogen (secondary N) is 2. The molecule has 2 aromatic heterocycles. The molecule has 8 heteroatoms. The number of hydrogen-bond acceptors (Lipinski definition) is 5. The van der Waals surface area contributed by atoms with Crippen molar-refractivity contribution in [3.8, 4) is 5.75 Å². The quantitative estimate of drug-likeness (QED) is 0.183. The monoisotopic (exact) mass is 442 g/mol. The minimum Gasteiger partial charge on any atom is -0.507 e. The van der Waals surface area contributed by atoms with Crippen molar-refractivity contribution in [2.75, 3.05) is 6.54 Å². The van der Waals surface area contributed by atoms with Crippen molar-refractivity contribution in [3.63, 3.8) is 0 Å². The molecule has 1 aliphatic heterocycles. The Morgan fingerprint density at radius 3 is 2.62 bits per heavy atom. The minimum absolute atomic E-state index is 0.0473. The van der Waals surface area contributed by atoms with E-state index in [0.717, 1.165) is 16.4 Å². The summed E-state index contributed by atoms with van der Waals surface area (Å²) >= 11 is 4.62. The maximum atomic E-state index is 13.0. The van der Waals surface area contributed by atoms with Gasteiger partial charge in [-0.3, -0.25) is 14.9 Å². The van der Waals surface area contributed by atoms with Gasteiger partial charge in [-0.25, -0.2) is 4.99 Å². The zero-order chi connectivity index (χ0) is 22.2. The highest BCUT2D eigenvalue weighted by atomic mass is 32.1. The Labute approximate surface area is 188 Å². The van der Waals surface area contributed by atoms with Gasteiger partial charge in [0.05, 0.1) is 28.4 Å². The first kappa shape index (κ1) is 19.9. The molecule has 0 fully saturated rings. The highest BCUT2D eigenvalue weighted by molar-refractivity contribution is 7.78. The number of isothiocyanates is 1. The largest absolute Gasteiger partial charge is 0.507 e. The van der Waals surface area contributed by atoms with Crippen LogP contribution < -0.4 is 5.32 Å². The number of thiocarbonyl (C=S) groups is 1. The summed E-state index contributed by atoms with van der Waals surface area (Å²) in [5.74, 6) is -0.893. The molecule has 0 radical (unpaired) electrons. The molecule has 3 heterocycles. The maximum Gasteiger partial charge on any atom is 0.259 e. The van der Waals surface area contributed by atoms with Crippen LogP contribution in [0, 0.1) is 0 Å².